The van der Waals surface area contributed by atoms with Gasteiger partial charge in [-0.05, 0) is 75.7 Å². The van der Waals surface area contributed by atoms with Crippen LogP contribution < -0.4 is 14.9 Å². The second-order valence-electron chi connectivity index (χ2n) is 7.31. The van der Waals surface area contributed by atoms with Crippen molar-refractivity contribution in [3.63, 3.8) is 0 Å². The van der Waals surface area contributed by atoms with Gasteiger partial charge in [0.2, 0.25) is 0 Å². The summed E-state index contributed by atoms with van der Waals surface area (Å²) in [5.74, 6) is 0.229. The van der Waals surface area contributed by atoms with Crippen LogP contribution in [0.15, 0.2) is 93.1 Å². The van der Waals surface area contributed by atoms with Crippen LogP contribution in [-0.4, -0.2) is 9.67 Å². The molecule has 1 aliphatic heterocycles. The molecule has 1 atom stereocenters. The van der Waals surface area contributed by atoms with Gasteiger partial charge in [0.15, 0.2) is 4.80 Å². The lowest BCUT2D eigenvalue weighted by atomic mass is 10.0. The summed E-state index contributed by atoms with van der Waals surface area (Å²) >= 11 is 6.95. The molecule has 1 unspecified atom stereocenters. The number of hydrogen-bond donors (Lipinski definition) is 1. The summed E-state index contributed by atoms with van der Waals surface area (Å²) in [5.41, 5.74) is 3.67. The maximum Gasteiger partial charge on any atom is 0.271 e. The van der Waals surface area contributed by atoms with E-state index in [0.29, 0.717) is 9.33 Å². The fourth-order valence-electron chi connectivity index (χ4n) is 3.61. The molecule has 0 spiro atoms. The fourth-order valence-corrected chi connectivity index (χ4v) is 5.43. The molecule has 4 aromatic rings. The van der Waals surface area contributed by atoms with E-state index in [-0.39, 0.29) is 17.4 Å². The minimum atomic E-state index is -0.253. The molecule has 2 heterocycles. The van der Waals surface area contributed by atoms with Crippen LogP contribution in [0.5, 0.6) is 5.75 Å². The molecule has 1 aliphatic rings. The molecular formula is C25H16BrIN2O2S. The largest absolute Gasteiger partial charge is 0.507 e. The summed E-state index contributed by atoms with van der Waals surface area (Å²) in [6.07, 6.45) is 3.91. The number of phenols is 1. The number of allylic oxidation sites excluding steroid dienone is 1. The Morgan fingerprint density at radius 3 is 2.53 bits per heavy atom. The average molecular weight is 615 g/mol. The van der Waals surface area contributed by atoms with Crippen LogP contribution in [0.3, 0.4) is 0 Å². The van der Waals surface area contributed by atoms with E-state index in [9.17, 15) is 9.90 Å². The molecule has 0 amide bonds. The van der Waals surface area contributed by atoms with Gasteiger partial charge >= 0.3 is 0 Å². The molecule has 1 aromatic heterocycles. The zero-order chi connectivity index (χ0) is 22.2. The van der Waals surface area contributed by atoms with Gasteiger partial charge in [-0.3, -0.25) is 9.36 Å². The van der Waals surface area contributed by atoms with Crippen molar-refractivity contribution in [2.45, 2.75) is 6.04 Å². The van der Waals surface area contributed by atoms with Gasteiger partial charge in [0.1, 0.15) is 5.75 Å². The first kappa shape index (κ1) is 21.4. The van der Waals surface area contributed by atoms with Crippen LogP contribution in [0.4, 0.5) is 0 Å². The average Bonchev–Trinajstić information content (AvgIpc) is 3.12. The van der Waals surface area contributed by atoms with Crippen molar-refractivity contribution < 1.29 is 5.11 Å². The van der Waals surface area contributed by atoms with Gasteiger partial charge < -0.3 is 5.11 Å². The Balaban J connectivity index is 1.72. The van der Waals surface area contributed by atoms with Crippen molar-refractivity contribution in [3.05, 3.63) is 123 Å². The Hall–Kier alpha value is -2.49. The topological polar surface area (TPSA) is 54.6 Å². The zero-order valence-electron chi connectivity index (χ0n) is 16.6. The van der Waals surface area contributed by atoms with Gasteiger partial charge in [-0.25, -0.2) is 4.99 Å². The van der Waals surface area contributed by atoms with Crippen LogP contribution in [-0.2, 0) is 0 Å². The van der Waals surface area contributed by atoms with Crippen LogP contribution in [0.1, 0.15) is 22.7 Å². The maximum atomic E-state index is 13.5. The predicted octanol–water partition coefficient (Wildman–Crippen LogP) is 5.08. The van der Waals surface area contributed by atoms with Crippen molar-refractivity contribution in [3.8, 4) is 5.75 Å². The number of nitrogens with zero attached hydrogens (tertiary/aromatic N) is 2. The lowest BCUT2D eigenvalue weighted by Gasteiger charge is -2.19. The molecule has 0 aliphatic carbocycles. The Bertz CT molecular complexity index is 1520. The van der Waals surface area contributed by atoms with Crippen LogP contribution in [0.2, 0.25) is 0 Å². The van der Waals surface area contributed by atoms with Gasteiger partial charge in [-0.15, -0.1) is 0 Å². The van der Waals surface area contributed by atoms with E-state index in [1.807, 2.05) is 72.8 Å². The maximum absolute atomic E-state index is 13.5. The molecular weight excluding hydrogens is 599 g/mol. The van der Waals surface area contributed by atoms with E-state index in [0.717, 1.165) is 30.4 Å². The Labute approximate surface area is 210 Å². The van der Waals surface area contributed by atoms with Crippen molar-refractivity contribution in [2.24, 2.45) is 4.99 Å². The number of aromatic nitrogens is 1. The third-order valence-corrected chi connectivity index (χ3v) is 7.57. The fraction of sp³-hybridized carbons (Fsp3) is 0.0400. The molecule has 5 rings (SSSR count). The van der Waals surface area contributed by atoms with Gasteiger partial charge in [-0.2, -0.15) is 0 Å². The monoisotopic (exact) mass is 614 g/mol. The Morgan fingerprint density at radius 1 is 1.06 bits per heavy atom. The number of benzene rings is 3. The summed E-state index contributed by atoms with van der Waals surface area (Å²) < 4.78 is 4.10. The molecule has 0 saturated heterocycles. The zero-order valence-corrected chi connectivity index (χ0v) is 21.1. The number of fused-ring (bicyclic) bond motifs is 1. The summed E-state index contributed by atoms with van der Waals surface area (Å²) in [6, 6.07) is 23.1. The molecule has 3 aromatic carbocycles. The van der Waals surface area contributed by atoms with Crippen LogP contribution in [0.25, 0.3) is 11.8 Å². The first-order valence-corrected chi connectivity index (χ1v) is 12.5. The summed E-state index contributed by atoms with van der Waals surface area (Å²) in [7, 11) is 0. The summed E-state index contributed by atoms with van der Waals surface area (Å²) in [4.78, 5) is 19.0. The molecule has 32 heavy (non-hydrogen) atoms. The molecule has 7 heteroatoms. The van der Waals surface area contributed by atoms with E-state index in [2.05, 4.69) is 38.5 Å². The SMILES string of the molecule is O=c1c(=Cc2ccc(O)c(I)c2)sc2n1C(c1ccc(Br)cc1)C=C(c1ccccc1)N=2. The predicted molar refractivity (Wildman–Crippen MR) is 140 cm³/mol. The number of thiazole rings is 1. The number of phenolic OH excluding ortho intramolecular Hbond substituents is 1. The lowest BCUT2D eigenvalue weighted by Crippen LogP contribution is -2.36. The highest BCUT2D eigenvalue weighted by Gasteiger charge is 2.22. The Kier molecular flexibility index (Phi) is 5.88. The lowest BCUT2D eigenvalue weighted by molar-refractivity contribution is 0.471. The molecule has 0 bridgehead atoms. The summed E-state index contributed by atoms with van der Waals surface area (Å²) in [5, 5.41) is 9.80. The number of hydrogen-bond acceptors (Lipinski definition) is 4. The van der Waals surface area contributed by atoms with E-state index in [1.165, 1.54) is 11.3 Å². The molecule has 4 nitrogen and oxygen atoms in total. The third-order valence-electron chi connectivity index (χ3n) is 5.20. The van der Waals surface area contributed by atoms with Crippen LogP contribution >= 0.6 is 49.9 Å². The van der Waals surface area contributed by atoms with Gasteiger partial charge in [0.25, 0.3) is 5.56 Å². The Morgan fingerprint density at radius 2 is 1.81 bits per heavy atom. The third kappa shape index (κ3) is 4.12. The van der Waals surface area contributed by atoms with Crippen molar-refractivity contribution in [1.29, 1.82) is 0 Å². The standard InChI is InChI=1S/C25H16BrIN2O2S/c26-18-9-7-17(8-10-18)21-14-20(16-4-2-1-3-5-16)28-25-29(21)24(31)23(32-25)13-15-6-11-22(30)19(27)12-15/h1-14,21,30H. The van der Waals surface area contributed by atoms with E-state index >= 15 is 0 Å². The molecule has 158 valence electrons. The van der Waals surface area contributed by atoms with Crippen molar-refractivity contribution in [1.82, 2.24) is 4.57 Å². The second kappa shape index (κ2) is 8.80. The van der Waals surface area contributed by atoms with E-state index < -0.39 is 0 Å². The minimum absolute atomic E-state index is 0.0758. The number of rotatable bonds is 3. The van der Waals surface area contributed by atoms with E-state index in [1.54, 1.807) is 16.7 Å². The van der Waals surface area contributed by atoms with Crippen molar-refractivity contribution >= 4 is 61.6 Å². The smallest absolute Gasteiger partial charge is 0.271 e. The van der Waals surface area contributed by atoms with Crippen LogP contribution in [0, 0.1) is 3.57 Å². The van der Waals surface area contributed by atoms with Gasteiger partial charge in [0, 0.05) is 4.47 Å². The highest BCUT2D eigenvalue weighted by Crippen LogP contribution is 2.28. The minimum Gasteiger partial charge on any atom is -0.507 e. The first-order valence-electron chi connectivity index (χ1n) is 9.82. The van der Waals surface area contributed by atoms with Gasteiger partial charge in [-0.1, -0.05) is 75.8 Å². The van der Waals surface area contributed by atoms with Crippen molar-refractivity contribution in [2.75, 3.05) is 0 Å². The summed E-state index contributed by atoms with van der Waals surface area (Å²) in [6.45, 7) is 0. The normalized spacial score (nSPS) is 15.8. The highest BCUT2D eigenvalue weighted by atomic mass is 127. The van der Waals surface area contributed by atoms with Gasteiger partial charge in [0.05, 0.1) is 19.8 Å². The molecule has 0 fully saturated rings. The first-order chi connectivity index (χ1) is 15.5. The quantitative estimate of drug-likeness (QED) is 0.328. The molecule has 0 saturated carbocycles. The van der Waals surface area contributed by atoms with E-state index in [4.69, 9.17) is 4.99 Å². The number of halogens is 2. The number of aromatic hydroxyl groups is 1. The molecule has 0 radical (unpaired) electrons. The second-order valence-corrected chi connectivity index (χ2v) is 10.4. The molecule has 1 N–H and O–H groups in total. The highest BCUT2D eigenvalue weighted by molar-refractivity contribution is 14.1.